The van der Waals surface area contributed by atoms with Gasteiger partial charge in [-0.1, -0.05) is 17.7 Å². The molecule has 0 radical (unpaired) electrons. The molecule has 2 rings (SSSR count). The van der Waals surface area contributed by atoms with E-state index >= 15 is 0 Å². The number of nitrogens with one attached hydrogen (secondary N) is 1. The van der Waals surface area contributed by atoms with Crippen molar-refractivity contribution in [1.29, 1.82) is 0 Å². The Hall–Kier alpha value is -2.07. The Morgan fingerprint density at radius 2 is 2.10 bits per heavy atom. The van der Waals surface area contributed by atoms with Crippen molar-refractivity contribution in [3.05, 3.63) is 58.9 Å². The summed E-state index contributed by atoms with van der Waals surface area (Å²) in [5.74, 6) is -0.246. The Bertz CT molecular complexity index is 631. The van der Waals surface area contributed by atoms with Crippen molar-refractivity contribution in [3.63, 3.8) is 0 Å². The van der Waals surface area contributed by atoms with E-state index in [9.17, 15) is 9.18 Å². The van der Waals surface area contributed by atoms with E-state index in [4.69, 9.17) is 16.3 Å². The van der Waals surface area contributed by atoms with Crippen LogP contribution in [0.3, 0.4) is 0 Å². The maximum absolute atomic E-state index is 13.0. The molecule has 20 heavy (non-hydrogen) atoms. The van der Waals surface area contributed by atoms with Crippen LogP contribution < -0.4 is 10.1 Å². The fourth-order valence-corrected chi connectivity index (χ4v) is 1.92. The van der Waals surface area contributed by atoms with Crippen molar-refractivity contribution in [2.45, 2.75) is 6.92 Å². The monoisotopic (exact) mass is 293 g/mol. The molecule has 0 aliphatic heterocycles. The van der Waals surface area contributed by atoms with Crippen LogP contribution in [0.25, 0.3) is 0 Å². The zero-order chi connectivity index (χ0) is 14.5. The second kappa shape index (κ2) is 6.39. The zero-order valence-electron chi connectivity index (χ0n) is 10.8. The molecule has 0 saturated heterocycles. The van der Waals surface area contributed by atoms with Crippen LogP contribution in [0.4, 0.5) is 10.1 Å². The van der Waals surface area contributed by atoms with Crippen LogP contribution in [0.1, 0.15) is 17.3 Å². The molecule has 3 nitrogen and oxygen atoms in total. The number of carbonyl (C=O) groups excluding carboxylic acids is 1. The van der Waals surface area contributed by atoms with Crippen molar-refractivity contribution < 1.29 is 13.9 Å². The highest BCUT2D eigenvalue weighted by molar-refractivity contribution is 6.32. The molecule has 0 atom stereocenters. The average molecular weight is 294 g/mol. The van der Waals surface area contributed by atoms with Crippen molar-refractivity contribution >= 4 is 23.2 Å². The summed E-state index contributed by atoms with van der Waals surface area (Å²) in [6.07, 6.45) is 0. The summed E-state index contributed by atoms with van der Waals surface area (Å²) in [5, 5.41) is 2.96. The molecule has 2 aromatic rings. The van der Waals surface area contributed by atoms with Crippen molar-refractivity contribution in [2.75, 3.05) is 11.9 Å². The largest absolute Gasteiger partial charge is 0.492 e. The Morgan fingerprint density at radius 1 is 1.30 bits per heavy atom. The molecule has 2 aromatic carbocycles. The van der Waals surface area contributed by atoms with Gasteiger partial charge in [-0.05, 0) is 43.3 Å². The molecule has 1 amide bonds. The Kier molecular flexibility index (Phi) is 4.58. The molecule has 0 unspecified atom stereocenters. The lowest BCUT2D eigenvalue weighted by Crippen LogP contribution is -2.12. The summed E-state index contributed by atoms with van der Waals surface area (Å²) in [5.41, 5.74) is 0.766. The first kappa shape index (κ1) is 14.3. The molecular weight excluding hydrogens is 281 g/mol. The molecule has 0 saturated carbocycles. The number of halogens is 2. The van der Waals surface area contributed by atoms with Gasteiger partial charge in [0.25, 0.3) is 5.91 Å². The zero-order valence-corrected chi connectivity index (χ0v) is 11.6. The molecular formula is C15H13ClFNO2. The van der Waals surface area contributed by atoms with Gasteiger partial charge < -0.3 is 10.1 Å². The van der Waals surface area contributed by atoms with Gasteiger partial charge in [0.1, 0.15) is 11.6 Å². The van der Waals surface area contributed by atoms with Crippen molar-refractivity contribution in [3.8, 4) is 5.75 Å². The number of benzene rings is 2. The highest BCUT2D eigenvalue weighted by Gasteiger charge is 2.10. The van der Waals surface area contributed by atoms with Crippen molar-refractivity contribution in [2.24, 2.45) is 0 Å². The molecule has 5 heteroatoms. The van der Waals surface area contributed by atoms with Crippen LogP contribution in [-0.4, -0.2) is 12.5 Å². The molecule has 0 aliphatic carbocycles. The topological polar surface area (TPSA) is 38.3 Å². The lowest BCUT2D eigenvalue weighted by Gasteiger charge is -2.08. The summed E-state index contributed by atoms with van der Waals surface area (Å²) < 4.78 is 18.3. The van der Waals surface area contributed by atoms with E-state index in [1.54, 1.807) is 18.2 Å². The van der Waals surface area contributed by atoms with E-state index in [1.165, 1.54) is 24.3 Å². The first-order chi connectivity index (χ1) is 9.60. The second-order valence-corrected chi connectivity index (χ2v) is 4.45. The third-order valence-corrected chi connectivity index (χ3v) is 2.87. The maximum atomic E-state index is 13.0. The smallest absolute Gasteiger partial charge is 0.255 e. The van der Waals surface area contributed by atoms with Crippen LogP contribution in [-0.2, 0) is 0 Å². The Labute approximate surface area is 121 Å². The number of hydrogen-bond acceptors (Lipinski definition) is 2. The van der Waals surface area contributed by atoms with Gasteiger partial charge in [-0.2, -0.15) is 0 Å². The van der Waals surface area contributed by atoms with Gasteiger partial charge >= 0.3 is 0 Å². The average Bonchev–Trinajstić information content (AvgIpc) is 2.41. The number of hydrogen-bond donors (Lipinski definition) is 1. The summed E-state index contributed by atoms with van der Waals surface area (Å²) in [7, 11) is 0. The first-order valence-corrected chi connectivity index (χ1v) is 6.47. The van der Waals surface area contributed by atoms with Crippen LogP contribution in [0.5, 0.6) is 5.75 Å². The number of amides is 1. The summed E-state index contributed by atoms with van der Waals surface area (Å²) in [6.45, 7) is 2.34. The predicted molar refractivity (Wildman–Crippen MR) is 77.0 cm³/mol. The Balaban J connectivity index is 2.15. The normalized spacial score (nSPS) is 10.2. The van der Waals surface area contributed by atoms with Crippen LogP contribution in [0, 0.1) is 5.82 Å². The SMILES string of the molecule is CCOc1ccc(C(=O)Nc2cccc(F)c2)cc1Cl. The number of anilines is 1. The highest BCUT2D eigenvalue weighted by Crippen LogP contribution is 2.25. The Morgan fingerprint density at radius 3 is 2.75 bits per heavy atom. The van der Waals surface area contributed by atoms with Gasteiger partial charge in [0.05, 0.1) is 11.6 Å². The predicted octanol–water partition coefficient (Wildman–Crippen LogP) is 4.13. The third-order valence-electron chi connectivity index (χ3n) is 2.58. The minimum atomic E-state index is -0.410. The fraction of sp³-hybridized carbons (Fsp3) is 0.133. The second-order valence-electron chi connectivity index (χ2n) is 4.04. The highest BCUT2D eigenvalue weighted by atomic mass is 35.5. The van der Waals surface area contributed by atoms with Crippen LogP contribution >= 0.6 is 11.6 Å². The van der Waals surface area contributed by atoms with Gasteiger partial charge in [0.15, 0.2) is 0 Å². The van der Waals surface area contributed by atoms with Gasteiger partial charge in [-0.15, -0.1) is 0 Å². The molecule has 0 fully saturated rings. The van der Waals surface area contributed by atoms with Gasteiger partial charge in [-0.25, -0.2) is 4.39 Å². The van der Waals surface area contributed by atoms with E-state index in [-0.39, 0.29) is 5.91 Å². The van der Waals surface area contributed by atoms with E-state index in [0.717, 1.165) is 0 Å². The third kappa shape index (κ3) is 3.48. The molecule has 0 aromatic heterocycles. The number of ether oxygens (including phenoxy) is 1. The molecule has 0 aliphatic rings. The van der Waals surface area contributed by atoms with Gasteiger partial charge in [0, 0.05) is 11.3 Å². The molecule has 1 N–H and O–H groups in total. The van der Waals surface area contributed by atoms with E-state index < -0.39 is 5.82 Å². The quantitative estimate of drug-likeness (QED) is 0.920. The van der Waals surface area contributed by atoms with E-state index in [2.05, 4.69) is 5.32 Å². The lowest BCUT2D eigenvalue weighted by atomic mass is 10.2. The minimum Gasteiger partial charge on any atom is -0.492 e. The van der Waals surface area contributed by atoms with Gasteiger partial charge in [0.2, 0.25) is 0 Å². The summed E-state index contributed by atoms with van der Waals surface area (Å²) in [4.78, 5) is 12.0. The number of carbonyl (C=O) groups is 1. The van der Waals surface area contributed by atoms with Crippen LogP contribution in [0.15, 0.2) is 42.5 Å². The van der Waals surface area contributed by atoms with Crippen molar-refractivity contribution in [1.82, 2.24) is 0 Å². The lowest BCUT2D eigenvalue weighted by molar-refractivity contribution is 0.102. The molecule has 104 valence electrons. The summed E-state index contributed by atoms with van der Waals surface area (Å²) in [6, 6.07) is 10.4. The van der Waals surface area contributed by atoms with E-state index in [1.807, 2.05) is 6.92 Å². The van der Waals surface area contributed by atoms with Crippen LogP contribution in [0.2, 0.25) is 5.02 Å². The first-order valence-electron chi connectivity index (χ1n) is 6.09. The molecule has 0 bridgehead atoms. The fourth-order valence-electron chi connectivity index (χ4n) is 1.68. The maximum Gasteiger partial charge on any atom is 0.255 e. The molecule has 0 heterocycles. The van der Waals surface area contributed by atoms with E-state index in [0.29, 0.717) is 28.6 Å². The number of rotatable bonds is 4. The molecule has 0 spiro atoms. The summed E-state index contributed by atoms with van der Waals surface area (Å²) >= 11 is 6.02. The standard InChI is InChI=1S/C15H13ClFNO2/c1-2-20-14-7-6-10(8-13(14)16)15(19)18-12-5-3-4-11(17)9-12/h3-9H,2H2,1H3,(H,18,19). The van der Waals surface area contributed by atoms with Gasteiger partial charge in [-0.3, -0.25) is 4.79 Å². The minimum absolute atomic E-state index is 0.360.